The van der Waals surface area contributed by atoms with E-state index in [0.29, 0.717) is 26.1 Å². The summed E-state index contributed by atoms with van der Waals surface area (Å²) in [7, 11) is 0. The highest BCUT2D eigenvalue weighted by molar-refractivity contribution is 5.69. The Morgan fingerprint density at radius 2 is 2.18 bits per heavy atom. The normalized spacial score (nSPS) is 17.6. The number of esters is 1. The van der Waals surface area contributed by atoms with Crippen molar-refractivity contribution in [1.29, 1.82) is 0 Å². The minimum Gasteiger partial charge on any atom is -0.486 e. The van der Waals surface area contributed by atoms with Gasteiger partial charge in [0, 0.05) is 6.42 Å². The molecule has 0 amide bonds. The lowest BCUT2D eigenvalue weighted by Gasteiger charge is -2.26. The van der Waals surface area contributed by atoms with E-state index in [4.69, 9.17) is 14.2 Å². The zero-order valence-electron chi connectivity index (χ0n) is 9.85. The Balaban J connectivity index is 1.84. The zero-order chi connectivity index (χ0) is 12.1. The van der Waals surface area contributed by atoms with E-state index in [1.807, 2.05) is 24.3 Å². The average Bonchev–Trinajstić information content (AvgIpc) is 2.36. The Morgan fingerprint density at radius 3 is 2.94 bits per heavy atom. The van der Waals surface area contributed by atoms with E-state index < -0.39 is 0 Å². The van der Waals surface area contributed by atoms with Crippen molar-refractivity contribution in [3.63, 3.8) is 0 Å². The Labute approximate surface area is 100 Å². The van der Waals surface area contributed by atoms with E-state index in [1.54, 1.807) is 6.92 Å². The van der Waals surface area contributed by atoms with Crippen molar-refractivity contribution in [2.45, 2.75) is 25.9 Å². The largest absolute Gasteiger partial charge is 0.486 e. The van der Waals surface area contributed by atoms with Gasteiger partial charge < -0.3 is 14.2 Å². The number of carbonyl (C=O) groups excluding carboxylic acids is 1. The predicted octanol–water partition coefficient (Wildman–Crippen LogP) is 2.17. The number of hydrogen-bond donors (Lipinski definition) is 0. The van der Waals surface area contributed by atoms with Gasteiger partial charge in [0.15, 0.2) is 11.5 Å². The van der Waals surface area contributed by atoms with Crippen LogP contribution in [0.15, 0.2) is 24.3 Å². The highest BCUT2D eigenvalue weighted by Crippen LogP contribution is 2.31. The van der Waals surface area contributed by atoms with Crippen LogP contribution in [0.4, 0.5) is 0 Å². The Kier molecular flexibility index (Phi) is 3.85. The lowest BCUT2D eigenvalue weighted by atomic mass is 10.2. The zero-order valence-corrected chi connectivity index (χ0v) is 9.85. The highest BCUT2D eigenvalue weighted by atomic mass is 16.6. The first kappa shape index (κ1) is 11.8. The van der Waals surface area contributed by atoms with Gasteiger partial charge in [0.2, 0.25) is 0 Å². The minimum atomic E-state index is -0.185. The van der Waals surface area contributed by atoms with Crippen molar-refractivity contribution in [2.24, 2.45) is 0 Å². The third-order valence-electron chi connectivity index (χ3n) is 2.54. The molecule has 0 saturated heterocycles. The standard InChI is InChI=1S/C13H16O4/c1-2-15-13(14)8-7-10-9-16-11-5-3-4-6-12(11)17-10/h3-6,10H,2,7-9H2,1H3. The van der Waals surface area contributed by atoms with Crippen molar-refractivity contribution < 1.29 is 19.0 Å². The lowest BCUT2D eigenvalue weighted by molar-refractivity contribution is -0.143. The van der Waals surface area contributed by atoms with Gasteiger partial charge in [-0.25, -0.2) is 0 Å². The minimum absolute atomic E-state index is 0.0747. The highest BCUT2D eigenvalue weighted by Gasteiger charge is 2.21. The van der Waals surface area contributed by atoms with E-state index in [0.717, 1.165) is 11.5 Å². The van der Waals surface area contributed by atoms with Crippen LogP contribution < -0.4 is 9.47 Å². The van der Waals surface area contributed by atoms with Crippen LogP contribution in [-0.4, -0.2) is 25.3 Å². The van der Waals surface area contributed by atoms with Crippen LogP contribution in [0.1, 0.15) is 19.8 Å². The number of hydrogen-bond acceptors (Lipinski definition) is 4. The number of rotatable bonds is 4. The maximum Gasteiger partial charge on any atom is 0.305 e. The SMILES string of the molecule is CCOC(=O)CCC1COc2ccccc2O1. The third kappa shape index (κ3) is 3.12. The fraction of sp³-hybridized carbons (Fsp3) is 0.462. The molecule has 2 rings (SSSR count). The summed E-state index contributed by atoms with van der Waals surface area (Å²) in [5.74, 6) is 1.32. The average molecular weight is 236 g/mol. The van der Waals surface area contributed by atoms with Gasteiger partial charge in [0.05, 0.1) is 6.61 Å². The quantitative estimate of drug-likeness (QED) is 0.751. The third-order valence-corrected chi connectivity index (χ3v) is 2.54. The lowest BCUT2D eigenvalue weighted by Crippen LogP contribution is -2.29. The molecule has 0 saturated carbocycles. The summed E-state index contributed by atoms with van der Waals surface area (Å²) < 4.78 is 16.1. The maximum absolute atomic E-state index is 11.2. The molecule has 0 spiro atoms. The molecule has 1 aliphatic rings. The summed E-state index contributed by atoms with van der Waals surface area (Å²) in [6.45, 7) is 2.70. The molecule has 0 radical (unpaired) electrons. The first-order valence-electron chi connectivity index (χ1n) is 5.83. The monoisotopic (exact) mass is 236 g/mol. The van der Waals surface area contributed by atoms with Crippen LogP contribution >= 0.6 is 0 Å². The second kappa shape index (κ2) is 5.57. The molecular weight excluding hydrogens is 220 g/mol. The second-order valence-corrected chi connectivity index (χ2v) is 3.84. The fourth-order valence-electron chi connectivity index (χ4n) is 1.72. The van der Waals surface area contributed by atoms with E-state index in [-0.39, 0.29) is 12.1 Å². The molecule has 0 bridgehead atoms. The van der Waals surface area contributed by atoms with Crippen molar-refractivity contribution >= 4 is 5.97 Å². The number of carbonyl (C=O) groups is 1. The van der Waals surface area contributed by atoms with Gasteiger partial charge in [-0.05, 0) is 25.5 Å². The number of fused-ring (bicyclic) bond motifs is 1. The van der Waals surface area contributed by atoms with Gasteiger partial charge in [-0.3, -0.25) is 4.79 Å². The van der Waals surface area contributed by atoms with Crippen molar-refractivity contribution in [3.05, 3.63) is 24.3 Å². The van der Waals surface area contributed by atoms with Crippen LogP contribution in [-0.2, 0) is 9.53 Å². The van der Waals surface area contributed by atoms with Crippen molar-refractivity contribution in [1.82, 2.24) is 0 Å². The van der Waals surface area contributed by atoms with E-state index in [2.05, 4.69) is 0 Å². The molecule has 4 nitrogen and oxygen atoms in total. The molecular formula is C13H16O4. The van der Waals surface area contributed by atoms with E-state index in [1.165, 1.54) is 0 Å². The van der Waals surface area contributed by atoms with Crippen LogP contribution in [0.5, 0.6) is 11.5 Å². The van der Waals surface area contributed by atoms with E-state index in [9.17, 15) is 4.79 Å². The molecule has 1 aromatic carbocycles. The number of ether oxygens (including phenoxy) is 3. The Bertz CT molecular complexity index is 389. The molecule has 0 fully saturated rings. The summed E-state index contributed by atoms with van der Waals surface area (Å²) in [6, 6.07) is 7.54. The summed E-state index contributed by atoms with van der Waals surface area (Å²) in [4.78, 5) is 11.2. The molecule has 92 valence electrons. The molecule has 4 heteroatoms. The van der Waals surface area contributed by atoms with Crippen LogP contribution in [0.2, 0.25) is 0 Å². The van der Waals surface area contributed by atoms with Crippen molar-refractivity contribution in [2.75, 3.05) is 13.2 Å². The van der Waals surface area contributed by atoms with Gasteiger partial charge in [0.25, 0.3) is 0 Å². The fourth-order valence-corrected chi connectivity index (χ4v) is 1.72. The topological polar surface area (TPSA) is 44.8 Å². The van der Waals surface area contributed by atoms with Crippen LogP contribution in [0.25, 0.3) is 0 Å². The Hall–Kier alpha value is -1.71. The second-order valence-electron chi connectivity index (χ2n) is 3.84. The van der Waals surface area contributed by atoms with Crippen LogP contribution in [0, 0.1) is 0 Å². The molecule has 1 unspecified atom stereocenters. The summed E-state index contributed by atoms with van der Waals surface area (Å²) in [5.41, 5.74) is 0. The van der Waals surface area contributed by atoms with Crippen molar-refractivity contribution in [3.8, 4) is 11.5 Å². The van der Waals surface area contributed by atoms with Gasteiger partial charge in [-0.2, -0.15) is 0 Å². The van der Waals surface area contributed by atoms with Gasteiger partial charge in [0.1, 0.15) is 12.7 Å². The number of benzene rings is 1. The summed E-state index contributed by atoms with van der Waals surface area (Å²) in [5, 5.41) is 0. The first-order chi connectivity index (χ1) is 8.29. The summed E-state index contributed by atoms with van der Waals surface area (Å²) >= 11 is 0. The molecule has 0 aromatic heterocycles. The van der Waals surface area contributed by atoms with Gasteiger partial charge >= 0.3 is 5.97 Å². The van der Waals surface area contributed by atoms with Gasteiger partial charge in [-0.15, -0.1) is 0 Å². The smallest absolute Gasteiger partial charge is 0.305 e. The first-order valence-corrected chi connectivity index (χ1v) is 5.83. The summed E-state index contributed by atoms with van der Waals surface area (Å²) in [6.07, 6.45) is 0.909. The molecule has 1 atom stereocenters. The molecule has 1 heterocycles. The molecule has 17 heavy (non-hydrogen) atoms. The predicted molar refractivity (Wildman–Crippen MR) is 62.2 cm³/mol. The molecule has 1 aliphatic heterocycles. The van der Waals surface area contributed by atoms with Gasteiger partial charge in [-0.1, -0.05) is 12.1 Å². The molecule has 1 aromatic rings. The number of para-hydroxylation sites is 2. The maximum atomic E-state index is 11.2. The molecule has 0 N–H and O–H groups in total. The van der Waals surface area contributed by atoms with E-state index >= 15 is 0 Å². The molecule has 0 aliphatic carbocycles. The Morgan fingerprint density at radius 1 is 1.41 bits per heavy atom. The van der Waals surface area contributed by atoms with Crippen LogP contribution in [0.3, 0.4) is 0 Å².